The number of alkyl halides is 3. The van der Waals surface area contributed by atoms with Crippen LogP contribution in [0.1, 0.15) is 29.3 Å². The minimum Gasteiger partial charge on any atom is -0.314 e. The first-order valence-electron chi connectivity index (χ1n) is 6.53. The van der Waals surface area contributed by atoms with Crippen LogP contribution in [0.5, 0.6) is 0 Å². The van der Waals surface area contributed by atoms with Crippen molar-refractivity contribution in [2.75, 3.05) is 26.2 Å². The standard InChI is InChI=1S/C13H19F3N2S.2ClH/c1-10-3-9-19-12(10)11(2-4-13(14,15)16)18-7-5-17-6-8-18;;/h3,9,11,17H,2,4-8H2,1H3;2*1H/t11-;;/m1../s1. The maximum atomic E-state index is 12.5. The Labute approximate surface area is 139 Å². The average Bonchev–Trinajstić information content (AvgIpc) is 2.76. The summed E-state index contributed by atoms with van der Waals surface area (Å²) >= 11 is 1.57. The highest BCUT2D eigenvalue weighted by Gasteiger charge is 2.32. The number of piperazine rings is 1. The largest absolute Gasteiger partial charge is 0.389 e. The first-order chi connectivity index (χ1) is 8.97. The topological polar surface area (TPSA) is 15.3 Å². The van der Waals surface area contributed by atoms with Gasteiger partial charge in [0.1, 0.15) is 0 Å². The van der Waals surface area contributed by atoms with E-state index in [2.05, 4.69) is 10.2 Å². The molecule has 0 saturated carbocycles. The Bertz CT molecular complexity index is 406. The van der Waals surface area contributed by atoms with Gasteiger partial charge in [-0.3, -0.25) is 4.90 Å². The molecule has 0 radical (unpaired) electrons. The van der Waals surface area contributed by atoms with Gasteiger partial charge < -0.3 is 5.32 Å². The van der Waals surface area contributed by atoms with Gasteiger partial charge in [0.2, 0.25) is 0 Å². The van der Waals surface area contributed by atoms with Crippen LogP contribution in [0.25, 0.3) is 0 Å². The molecule has 0 unspecified atom stereocenters. The molecule has 0 aliphatic carbocycles. The Morgan fingerprint density at radius 1 is 1.29 bits per heavy atom. The van der Waals surface area contributed by atoms with Crippen molar-refractivity contribution in [1.82, 2.24) is 10.2 Å². The van der Waals surface area contributed by atoms with Crippen LogP contribution in [0.2, 0.25) is 0 Å². The van der Waals surface area contributed by atoms with E-state index in [1.807, 2.05) is 18.4 Å². The van der Waals surface area contributed by atoms with Gasteiger partial charge in [-0.2, -0.15) is 13.2 Å². The second kappa shape index (κ2) is 9.20. The van der Waals surface area contributed by atoms with Crippen LogP contribution in [-0.2, 0) is 0 Å². The van der Waals surface area contributed by atoms with Crippen molar-refractivity contribution in [3.63, 3.8) is 0 Å². The summed E-state index contributed by atoms with van der Waals surface area (Å²) in [6, 6.07) is 1.90. The van der Waals surface area contributed by atoms with Gasteiger partial charge in [0.15, 0.2) is 0 Å². The minimum absolute atomic E-state index is 0. The lowest BCUT2D eigenvalue weighted by Crippen LogP contribution is -2.45. The van der Waals surface area contributed by atoms with Crippen molar-refractivity contribution >= 4 is 36.2 Å². The average molecular weight is 365 g/mol. The van der Waals surface area contributed by atoms with E-state index < -0.39 is 12.6 Å². The van der Waals surface area contributed by atoms with Gasteiger partial charge in [-0.25, -0.2) is 0 Å². The molecule has 2 nitrogen and oxygen atoms in total. The zero-order chi connectivity index (χ0) is 13.9. The molecule has 1 aromatic heterocycles. The maximum absolute atomic E-state index is 12.5. The van der Waals surface area contributed by atoms with Crippen molar-refractivity contribution in [2.45, 2.75) is 32.0 Å². The molecule has 21 heavy (non-hydrogen) atoms. The molecule has 1 aromatic rings. The number of aryl methyl sites for hydroxylation is 1. The lowest BCUT2D eigenvalue weighted by atomic mass is 10.0. The van der Waals surface area contributed by atoms with Crippen molar-refractivity contribution < 1.29 is 13.2 Å². The van der Waals surface area contributed by atoms with Crippen LogP contribution in [0.4, 0.5) is 13.2 Å². The van der Waals surface area contributed by atoms with Gasteiger partial charge in [-0.15, -0.1) is 36.2 Å². The van der Waals surface area contributed by atoms with E-state index in [4.69, 9.17) is 0 Å². The normalized spacial score (nSPS) is 17.7. The molecule has 0 spiro atoms. The van der Waals surface area contributed by atoms with Gasteiger partial charge in [-0.1, -0.05) is 0 Å². The third-order valence-electron chi connectivity index (χ3n) is 3.50. The summed E-state index contributed by atoms with van der Waals surface area (Å²) in [5.74, 6) is 0. The fraction of sp³-hybridized carbons (Fsp3) is 0.692. The Balaban J connectivity index is 0.00000200. The molecule has 124 valence electrons. The van der Waals surface area contributed by atoms with Gasteiger partial charge >= 0.3 is 6.18 Å². The first kappa shape index (κ1) is 21.0. The third-order valence-corrected chi connectivity index (χ3v) is 4.62. The van der Waals surface area contributed by atoms with Gasteiger partial charge in [-0.05, 0) is 30.4 Å². The number of hydrogen-bond acceptors (Lipinski definition) is 3. The van der Waals surface area contributed by atoms with E-state index in [1.165, 1.54) is 0 Å². The summed E-state index contributed by atoms with van der Waals surface area (Å²) in [6.45, 7) is 5.33. The van der Waals surface area contributed by atoms with E-state index in [1.54, 1.807) is 11.3 Å². The summed E-state index contributed by atoms with van der Waals surface area (Å²) in [5, 5.41) is 5.21. The molecule has 1 aliphatic heterocycles. The number of hydrogen-bond donors (Lipinski definition) is 1. The summed E-state index contributed by atoms with van der Waals surface area (Å²) in [4.78, 5) is 3.27. The quantitative estimate of drug-likeness (QED) is 0.861. The number of thiophene rings is 1. The van der Waals surface area contributed by atoms with E-state index in [-0.39, 0.29) is 37.3 Å². The number of rotatable bonds is 4. The van der Waals surface area contributed by atoms with Crippen LogP contribution in [0, 0.1) is 6.92 Å². The Kier molecular flexibility index (Phi) is 9.20. The smallest absolute Gasteiger partial charge is 0.314 e. The molecule has 8 heteroatoms. The highest BCUT2D eigenvalue weighted by Crippen LogP contribution is 2.35. The fourth-order valence-corrected chi connectivity index (χ4v) is 3.60. The summed E-state index contributed by atoms with van der Waals surface area (Å²) in [7, 11) is 0. The number of nitrogens with one attached hydrogen (secondary N) is 1. The molecule has 2 rings (SSSR count). The number of nitrogens with zero attached hydrogens (tertiary/aromatic N) is 1. The maximum Gasteiger partial charge on any atom is 0.389 e. The highest BCUT2D eigenvalue weighted by atomic mass is 35.5. The molecule has 1 N–H and O–H groups in total. The molecule has 1 fully saturated rings. The van der Waals surface area contributed by atoms with Gasteiger partial charge in [0.05, 0.1) is 0 Å². The minimum atomic E-state index is -4.07. The second-order valence-electron chi connectivity index (χ2n) is 4.92. The predicted octanol–water partition coefficient (Wildman–Crippen LogP) is 4.19. The molecule has 0 amide bonds. The van der Waals surface area contributed by atoms with Crippen LogP contribution < -0.4 is 5.32 Å². The van der Waals surface area contributed by atoms with Crippen LogP contribution in [0.15, 0.2) is 11.4 Å². The lowest BCUT2D eigenvalue weighted by molar-refractivity contribution is -0.138. The molecular formula is C13H21Cl2F3N2S. The summed E-state index contributed by atoms with van der Waals surface area (Å²) in [6.07, 6.45) is -4.62. The molecule has 0 aromatic carbocycles. The Morgan fingerprint density at radius 2 is 1.90 bits per heavy atom. The zero-order valence-corrected chi connectivity index (χ0v) is 14.2. The SMILES string of the molecule is Cc1ccsc1[C@@H](CCC(F)(F)F)N1CCNCC1.Cl.Cl. The van der Waals surface area contributed by atoms with E-state index in [0.717, 1.165) is 36.6 Å². The number of halogens is 5. The highest BCUT2D eigenvalue weighted by molar-refractivity contribution is 7.10. The van der Waals surface area contributed by atoms with E-state index in [0.29, 0.717) is 0 Å². The third kappa shape index (κ3) is 6.32. The summed E-state index contributed by atoms with van der Waals surface area (Å²) in [5.41, 5.74) is 1.11. The van der Waals surface area contributed by atoms with Crippen molar-refractivity contribution in [2.24, 2.45) is 0 Å². The first-order valence-corrected chi connectivity index (χ1v) is 7.41. The lowest BCUT2D eigenvalue weighted by Gasteiger charge is -2.35. The van der Waals surface area contributed by atoms with E-state index in [9.17, 15) is 13.2 Å². The molecule has 0 bridgehead atoms. The van der Waals surface area contributed by atoms with Crippen LogP contribution in [0.3, 0.4) is 0 Å². The molecule has 1 atom stereocenters. The van der Waals surface area contributed by atoms with Crippen molar-refractivity contribution in [3.05, 3.63) is 21.9 Å². The Morgan fingerprint density at radius 3 is 2.38 bits per heavy atom. The summed E-state index contributed by atoms with van der Waals surface area (Å²) < 4.78 is 37.5. The monoisotopic (exact) mass is 364 g/mol. The zero-order valence-electron chi connectivity index (χ0n) is 11.8. The van der Waals surface area contributed by atoms with Gasteiger partial charge in [0, 0.05) is 43.5 Å². The molecular weight excluding hydrogens is 344 g/mol. The fourth-order valence-electron chi connectivity index (χ4n) is 2.50. The van der Waals surface area contributed by atoms with Gasteiger partial charge in [0.25, 0.3) is 0 Å². The Hall–Kier alpha value is -0.0100. The van der Waals surface area contributed by atoms with Crippen molar-refractivity contribution in [3.8, 4) is 0 Å². The van der Waals surface area contributed by atoms with Crippen LogP contribution >= 0.6 is 36.2 Å². The molecule has 1 saturated heterocycles. The molecule has 2 heterocycles. The second-order valence-corrected chi connectivity index (χ2v) is 5.87. The van der Waals surface area contributed by atoms with Crippen LogP contribution in [-0.4, -0.2) is 37.3 Å². The van der Waals surface area contributed by atoms with Crippen molar-refractivity contribution in [1.29, 1.82) is 0 Å². The predicted molar refractivity (Wildman–Crippen MR) is 86.0 cm³/mol. The van der Waals surface area contributed by atoms with E-state index >= 15 is 0 Å². The molecule has 1 aliphatic rings.